The molecule has 1 heterocycles. The molecule has 0 spiro atoms. The Morgan fingerprint density at radius 1 is 1.40 bits per heavy atom. The minimum absolute atomic E-state index is 0.0803. The normalized spacial score (nSPS) is 22.8. The SMILES string of the molecule is COc1ccc([C@H](CC#N)[C@H]2CCOC(C)(C)C2)cc1. The van der Waals surface area contributed by atoms with Crippen molar-refractivity contribution in [3.05, 3.63) is 29.8 Å². The van der Waals surface area contributed by atoms with Crippen molar-refractivity contribution in [2.24, 2.45) is 5.92 Å². The van der Waals surface area contributed by atoms with Gasteiger partial charge in [-0.15, -0.1) is 0 Å². The zero-order chi connectivity index (χ0) is 14.6. The molecule has 108 valence electrons. The summed E-state index contributed by atoms with van der Waals surface area (Å²) in [6.45, 7) is 5.06. The highest BCUT2D eigenvalue weighted by atomic mass is 16.5. The Balaban J connectivity index is 2.19. The molecule has 0 radical (unpaired) electrons. The number of hydrogen-bond donors (Lipinski definition) is 0. The lowest BCUT2D eigenvalue weighted by molar-refractivity contribution is -0.0766. The van der Waals surface area contributed by atoms with Crippen molar-refractivity contribution in [2.45, 2.75) is 44.6 Å². The summed E-state index contributed by atoms with van der Waals surface area (Å²) in [5.41, 5.74) is 1.15. The number of nitrogens with zero attached hydrogens (tertiary/aromatic N) is 1. The van der Waals surface area contributed by atoms with Crippen LogP contribution in [0.4, 0.5) is 0 Å². The molecule has 1 aliphatic heterocycles. The Labute approximate surface area is 121 Å². The molecule has 3 heteroatoms. The lowest BCUT2D eigenvalue weighted by Gasteiger charge is -2.39. The average Bonchev–Trinajstić information content (AvgIpc) is 2.44. The third-order valence-corrected chi connectivity index (χ3v) is 4.16. The van der Waals surface area contributed by atoms with Gasteiger partial charge in [0.2, 0.25) is 0 Å². The highest BCUT2D eigenvalue weighted by Crippen LogP contribution is 2.40. The Morgan fingerprint density at radius 2 is 2.10 bits per heavy atom. The van der Waals surface area contributed by atoms with Crippen LogP contribution in [0.5, 0.6) is 5.75 Å². The van der Waals surface area contributed by atoms with Gasteiger partial charge in [0.25, 0.3) is 0 Å². The largest absolute Gasteiger partial charge is 0.497 e. The zero-order valence-electron chi connectivity index (χ0n) is 12.6. The van der Waals surface area contributed by atoms with Crippen molar-refractivity contribution < 1.29 is 9.47 Å². The third-order valence-electron chi connectivity index (χ3n) is 4.16. The lowest BCUT2D eigenvalue weighted by Crippen LogP contribution is -2.36. The predicted molar refractivity (Wildman–Crippen MR) is 78.7 cm³/mol. The van der Waals surface area contributed by atoms with Crippen LogP contribution in [0.3, 0.4) is 0 Å². The number of benzene rings is 1. The van der Waals surface area contributed by atoms with Crippen molar-refractivity contribution >= 4 is 0 Å². The fourth-order valence-electron chi connectivity index (χ4n) is 3.13. The van der Waals surface area contributed by atoms with Gasteiger partial charge in [-0.2, -0.15) is 5.26 Å². The predicted octanol–water partition coefficient (Wildman–Crippen LogP) is 3.90. The second-order valence-electron chi connectivity index (χ2n) is 6.10. The highest BCUT2D eigenvalue weighted by molar-refractivity contribution is 5.30. The van der Waals surface area contributed by atoms with Crippen LogP contribution in [0.2, 0.25) is 0 Å². The molecule has 0 N–H and O–H groups in total. The minimum Gasteiger partial charge on any atom is -0.497 e. The maximum Gasteiger partial charge on any atom is 0.118 e. The van der Waals surface area contributed by atoms with Gasteiger partial charge in [-0.05, 0) is 56.2 Å². The summed E-state index contributed by atoms with van der Waals surface area (Å²) < 4.78 is 11.0. The van der Waals surface area contributed by atoms with Crippen LogP contribution in [0, 0.1) is 17.2 Å². The topological polar surface area (TPSA) is 42.2 Å². The van der Waals surface area contributed by atoms with Crippen LogP contribution < -0.4 is 4.74 Å². The van der Waals surface area contributed by atoms with E-state index in [4.69, 9.17) is 14.7 Å². The van der Waals surface area contributed by atoms with Crippen molar-refractivity contribution in [1.29, 1.82) is 5.26 Å². The van der Waals surface area contributed by atoms with E-state index in [0.717, 1.165) is 25.2 Å². The van der Waals surface area contributed by atoms with E-state index in [1.165, 1.54) is 5.56 Å². The average molecular weight is 273 g/mol. The molecule has 3 nitrogen and oxygen atoms in total. The Kier molecular flexibility index (Phi) is 4.67. The number of methoxy groups -OCH3 is 1. The maximum atomic E-state index is 9.15. The Hall–Kier alpha value is -1.53. The minimum atomic E-state index is -0.0803. The number of nitriles is 1. The van der Waals surface area contributed by atoms with Crippen LogP contribution in [-0.4, -0.2) is 19.3 Å². The van der Waals surface area contributed by atoms with E-state index in [9.17, 15) is 0 Å². The lowest BCUT2D eigenvalue weighted by atomic mass is 9.75. The summed E-state index contributed by atoms with van der Waals surface area (Å²) in [5.74, 6) is 1.65. The van der Waals surface area contributed by atoms with Gasteiger partial charge in [0.05, 0.1) is 18.8 Å². The molecule has 0 aromatic heterocycles. The van der Waals surface area contributed by atoms with E-state index in [1.54, 1.807) is 7.11 Å². The van der Waals surface area contributed by atoms with E-state index < -0.39 is 0 Å². The molecule has 0 saturated carbocycles. The van der Waals surface area contributed by atoms with Crippen molar-refractivity contribution in [2.75, 3.05) is 13.7 Å². The van der Waals surface area contributed by atoms with Crippen LogP contribution >= 0.6 is 0 Å². The molecular weight excluding hydrogens is 250 g/mol. The first-order chi connectivity index (χ1) is 9.55. The fraction of sp³-hybridized carbons (Fsp3) is 0.588. The number of hydrogen-bond acceptors (Lipinski definition) is 3. The summed E-state index contributed by atoms with van der Waals surface area (Å²) in [6, 6.07) is 10.5. The van der Waals surface area contributed by atoms with E-state index >= 15 is 0 Å². The van der Waals surface area contributed by atoms with Crippen molar-refractivity contribution in [3.8, 4) is 11.8 Å². The molecule has 0 amide bonds. The molecule has 2 atom stereocenters. The van der Waals surface area contributed by atoms with Crippen LogP contribution in [0.15, 0.2) is 24.3 Å². The van der Waals surface area contributed by atoms with E-state index in [-0.39, 0.29) is 11.5 Å². The Morgan fingerprint density at radius 3 is 2.65 bits per heavy atom. The molecule has 0 unspecified atom stereocenters. The first kappa shape index (κ1) is 14.9. The molecule has 1 aromatic carbocycles. The summed E-state index contributed by atoms with van der Waals surface area (Å²) >= 11 is 0. The van der Waals surface area contributed by atoms with Gasteiger partial charge in [0.1, 0.15) is 5.75 Å². The molecule has 0 bridgehead atoms. The van der Waals surface area contributed by atoms with Gasteiger partial charge < -0.3 is 9.47 Å². The van der Waals surface area contributed by atoms with Crippen LogP contribution in [0.25, 0.3) is 0 Å². The van der Waals surface area contributed by atoms with Gasteiger partial charge in [-0.3, -0.25) is 0 Å². The quantitative estimate of drug-likeness (QED) is 0.835. The molecule has 0 aliphatic carbocycles. The summed E-state index contributed by atoms with van der Waals surface area (Å²) in [4.78, 5) is 0. The first-order valence-electron chi connectivity index (χ1n) is 7.20. The molecule has 1 saturated heterocycles. The number of ether oxygens (including phenoxy) is 2. The maximum absolute atomic E-state index is 9.15. The van der Waals surface area contributed by atoms with Gasteiger partial charge in [0.15, 0.2) is 0 Å². The second-order valence-corrected chi connectivity index (χ2v) is 6.10. The summed E-state index contributed by atoms with van der Waals surface area (Å²) in [5, 5.41) is 9.15. The van der Waals surface area contributed by atoms with Crippen molar-refractivity contribution in [1.82, 2.24) is 0 Å². The van der Waals surface area contributed by atoms with E-state index in [2.05, 4.69) is 32.0 Å². The molecular formula is C17H23NO2. The molecule has 2 rings (SSSR count). The molecule has 20 heavy (non-hydrogen) atoms. The van der Waals surface area contributed by atoms with Crippen LogP contribution in [0.1, 0.15) is 44.6 Å². The van der Waals surface area contributed by atoms with Gasteiger partial charge in [-0.25, -0.2) is 0 Å². The molecule has 1 aromatic rings. The first-order valence-corrected chi connectivity index (χ1v) is 7.20. The standard InChI is InChI=1S/C17H23NO2/c1-17(2)12-14(9-11-20-17)16(8-10-18)13-4-6-15(19-3)7-5-13/h4-7,14,16H,8-9,11-12H2,1-3H3/t14-,16-/m0/s1. The summed E-state index contributed by atoms with van der Waals surface area (Å²) in [6.07, 6.45) is 2.60. The smallest absolute Gasteiger partial charge is 0.118 e. The fourth-order valence-corrected chi connectivity index (χ4v) is 3.13. The van der Waals surface area contributed by atoms with E-state index in [0.29, 0.717) is 12.3 Å². The second kappa shape index (κ2) is 6.28. The van der Waals surface area contributed by atoms with E-state index in [1.807, 2.05) is 12.1 Å². The Bertz CT molecular complexity index is 473. The monoisotopic (exact) mass is 273 g/mol. The zero-order valence-corrected chi connectivity index (χ0v) is 12.6. The third kappa shape index (κ3) is 3.52. The highest BCUT2D eigenvalue weighted by Gasteiger charge is 2.34. The van der Waals surface area contributed by atoms with Gasteiger partial charge in [0, 0.05) is 13.0 Å². The summed E-state index contributed by atoms with van der Waals surface area (Å²) in [7, 11) is 1.67. The van der Waals surface area contributed by atoms with Gasteiger partial charge >= 0.3 is 0 Å². The van der Waals surface area contributed by atoms with Crippen LogP contribution in [-0.2, 0) is 4.74 Å². The molecule has 1 fully saturated rings. The molecule has 1 aliphatic rings. The number of rotatable bonds is 4. The van der Waals surface area contributed by atoms with Gasteiger partial charge in [-0.1, -0.05) is 12.1 Å². The van der Waals surface area contributed by atoms with Crippen molar-refractivity contribution in [3.63, 3.8) is 0 Å².